The highest BCUT2D eigenvalue weighted by atomic mass is 16.6. The van der Waals surface area contributed by atoms with Crippen molar-refractivity contribution < 1.29 is 14.3 Å². The lowest BCUT2D eigenvalue weighted by molar-refractivity contribution is -0.156. The molecule has 3 fully saturated rings. The Morgan fingerprint density at radius 1 is 1.00 bits per heavy atom. The van der Waals surface area contributed by atoms with Crippen molar-refractivity contribution in [1.82, 2.24) is 0 Å². The molecule has 3 aliphatic carbocycles. The van der Waals surface area contributed by atoms with Crippen molar-refractivity contribution in [2.45, 2.75) is 50.9 Å². The topological polar surface area (TPSA) is 43.4 Å². The average Bonchev–Trinajstić information content (AvgIpc) is 3.08. The predicted octanol–water partition coefficient (Wildman–Crippen LogP) is 3.92. The second-order valence-electron chi connectivity index (χ2n) is 8.40. The molecule has 3 nitrogen and oxygen atoms in total. The van der Waals surface area contributed by atoms with Gasteiger partial charge in [0.05, 0.1) is 11.8 Å². The molecular formula is C21H22O3. The van der Waals surface area contributed by atoms with Crippen LogP contribution in [0.3, 0.4) is 0 Å². The molecule has 1 aromatic rings. The first kappa shape index (κ1) is 14.4. The van der Waals surface area contributed by atoms with Gasteiger partial charge in [0, 0.05) is 5.41 Å². The zero-order valence-electron chi connectivity index (χ0n) is 14.0. The molecule has 5 rings (SSSR count). The van der Waals surface area contributed by atoms with E-state index in [0.29, 0.717) is 0 Å². The third-order valence-corrected chi connectivity index (χ3v) is 7.82. The van der Waals surface area contributed by atoms with Crippen molar-refractivity contribution in [2.75, 3.05) is 0 Å². The maximum atomic E-state index is 13.0. The maximum absolute atomic E-state index is 13.0. The fourth-order valence-electron chi connectivity index (χ4n) is 6.86. The smallest absolute Gasteiger partial charge is 0.321 e. The number of rotatable bonds is 1. The summed E-state index contributed by atoms with van der Waals surface area (Å²) in [4.78, 5) is 25.1. The van der Waals surface area contributed by atoms with Crippen LogP contribution >= 0.6 is 0 Å². The van der Waals surface area contributed by atoms with Crippen LogP contribution in [0, 0.1) is 16.2 Å². The van der Waals surface area contributed by atoms with Gasteiger partial charge in [-0.3, -0.25) is 9.59 Å². The van der Waals surface area contributed by atoms with Crippen molar-refractivity contribution in [3.63, 3.8) is 0 Å². The molecule has 1 aliphatic heterocycles. The summed E-state index contributed by atoms with van der Waals surface area (Å²) in [5, 5.41) is 0. The Kier molecular flexibility index (Phi) is 2.52. The van der Waals surface area contributed by atoms with Gasteiger partial charge in [0.25, 0.3) is 0 Å². The summed E-state index contributed by atoms with van der Waals surface area (Å²) in [6.45, 7) is 2.35. The largest absolute Gasteiger partial charge is 0.393 e. The molecule has 1 spiro atoms. The van der Waals surface area contributed by atoms with E-state index in [-0.39, 0.29) is 29.2 Å². The van der Waals surface area contributed by atoms with Gasteiger partial charge in [-0.25, -0.2) is 0 Å². The van der Waals surface area contributed by atoms with Crippen LogP contribution in [0.1, 0.15) is 51.0 Å². The van der Waals surface area contributed by atoms with Crippen molar-refractivity contribution in [3.05, 3.63) is 48.0 Å². The van der Waals surface area contributed by atoms with E-state index in [1.807, 2.05) is 18.2 Å². The molecular weight excluding hydrogens is 300 g/mol. The number of allylic oxidation sites excluding steroid dienone is 2. The molecule has 0 aromatic heterocycles. The van der Waals surface area contributed by atoms with Gasteiger partial charge in [-0.05, 0) is 35.7 Å². The Hall–Kier alpha value is -1.90. The monoisotopic (exact) mass is 322 g/mol. The summed E-state index contributed by atoms with van der Waals surface area (Å²) >= 11 is 0. The van der Waals surface area contributed by atoms with Crippen molar-refractivity contribution in [2.24, 2.45) is 16.2 Å². The molecule has 1 heterocycles. The predicted molar refractivity (Wildman–Crippen MR) is 89.0 cm³/mol. The molecule has 0 N–H and O–H groups in total. The first-order chi connectivity index (χ1) is 11.5. The minimum atomic E-state index is -0.723. The molecule has 0 amide bonds. The van der Waals surface area contributed by atoms with E-state index in [4.69, 9.17) is 4.74 Å². The first-order valence-electron chi connectivity index (χ1n) is 9.01. The Morgan fingerprint density at radius 2 is 1.75 bits per heavy atom. The highest BCUT2D eigenvalue weighted by Crippen LogP contribution is 2.81. The van der Waals surface area contributed by atoms with Gasteiger partial charge in [-0.2, -0.15) is 0 Å². The standard InChI is InChI=1S/C21H22O3/c1-18-9-5-6-10-19(18)11-12-21(18,15-7-3-2-4-8-15)20(14-19)13-16(22)24-17(20)23/h2-4,7-8,11-12H,5-6,9-10,13-14H2,1H3/t18-,19-,20+,21-/m0/s1. The van der Waals surface area contributed by atoms with Crippen LogP contribution in [0.25, 0.3) is 0 Å². The fraction of sp³-hybridized carbons (Fsp3) is 0.524. The van der Waals surface area contributed by atoms with Crippen molar-refractivity contribution in [1.29, 1.82) is 0 Å². The second-order valence-corrected chi connectivity index (χ2v) is 8.40. The third kappa shape index (κ3) is 1.27. The molecule has 2 saturated carbocycles. The zero-order valence-corrected chi connectivity index (χ0v) is 14.0. The molecule has 0 unspecified atom stereocenters. The summed E-state index contributed by atoms with van der Waals surface area (Å²) in [5.41, 5.74) is 0.00900. The molecule has 124 valence electrons. The SMILES string of the molecule is C[C@]12CCCC[C@@]13C=C[C@@]2(c1ccccc1)[C@]1(CC(=O)OC1=O)C3. The van der Waals surface area contributed by atoms with E-state index in [1.165, 1.54) is 12.8 Å². The van der Waals surface area contributed by atoms with Crippen LogP contribution in [-0.2, 0) is 19.7 Å². The first-order valence-corrected chi connectivity index (χ1v) is 9.01. The molecule has 24 heavy (non-hydrogen) atoms. The van der Waals surface area contributed by atoms with Crippen LogP contribution in [0.4, 0.5) is 0 Å². The van der Waals surface area contributed by atoms with Gasteiger partial charge >= 0.3 is 11.9 Å². The molecule has 3 heteroatoms. The van der Waals surface area contributed by atoms with Crippen LogP contribution in [0.5, 0.6) is 0 Å². The maximum Gasteiger partial charge on any atom is 0.321 e. The molecule has 1 saturated heterocycles. The lowest BCUT2D eigenvalue weighted by atomic mass is 9.50. The average molecular weight is 322 g/mol. The number of cyclic esters (lactones) is 2. The van der Waals surface area contributed by atoms with E-state index in [1.54, 1.807) is 0 Å². The Balaban J connectivity index is 1.84. The zero-order chi connectivity index (χ0) is 16.6. The fourth-order valence-corrected chi connectivity index (χ4v) is 6.86. The highest BCUT2D eigenvalue weighted by molar-refractivity contribution is 6.00. The van der Waals surface area contributed by atoms with Gasteiger partial charge in [0.1, 0.15) is 0 Å². The van der Waals surface area contributed by atoms with E-state index in [2.05, 4.69) is 31.2 Å². The van der Waals surface area contributed by atoms with Crippen LogP contribution in [-0.4, -0.2) is 11.9 Å². The molecule has 2 bridgehead atoms. The Labute approximate surface area is 142 Å². The van der Waals surface area contributed by atoms with E-state index in [0.717, 1.165) is 24.8 Å². The number of esters is 2. The normalized spacial score (nSPS) is 45.7. The number of ether oxygens (including phenoxy) is 1. The number of carbonyl (C=O) groups excluding carboxylic acids is 2. The number of benzene rings is 1. The van der Waals surface area contributed by atoms with Crippen molar-refractivity contribution >= 4 is 11.9 Å². The number of carbonyl (C=O) groups is 2. The minimum Gasteiger partial charge on any atom is -0.393 e. The Bertz CT molecular complexity index is 782. The summed E-state index contributed by atoms with van der Waals surface area (Å²) in [6, 6.07) is 10.3. The second kappa shape index (κ2) is 4.19. The van der Waals surface area contributed by atoms with E-state index < -0.39 is 10.8 Å². The number of fused-ring (bicyclic) bond motifs is 1. The summed E-state index contributed by atoms with van der Waals surface area (Å²) in [5.74, 6) is -0.649. The van der Waals surface area contributed by atoms with Crippen LogP contribution < -0.4 is 0 Å². The Morgan fingerprint density at radius 3 is 2.46 bits per heavy atom. The van der Waals surface area contributed by atoms with Crippen LogP contribution in [0.2, 0.25) is 0 Å². The molecule has 1 aromatic carbocycles. The number of hydrogen-bond acceptors (Lipinski definition) is 3. The number of hydrogen-bond donors (Lipinski definition) is 0. The van der Waals surface area contributed by atoms with E-state index >= 15 is 0 Å². The molecule has 4 atom stereocenters. The summed E-state index contributed by atoms with van der Waals surface area (Å²) in [7, 11) is 0. The van der Waals surface area contributed by atoms with Gasteiger partial charge in [-0.15, -0.1) is 0 Å². The lowest BCUT2D eigenvalue weighted by Gasteiger charge is -2.51. The van der Waals surface area contributed by atoms with Crippen LogP contribution in [0.15, 0.2) is 42.5 Å². The van der Waals surface area contributed by atoms with Crippen molar-refractivity contribution in [3.8, 4) is 0 Å². The van der Waals surface area contributed by atoms with Gasteiger partial charge < -0.3 is 4.74 Å². The van der Waals surface area contributed by atoms with E-state index in [9.17, 15) is 9.59 Å². The van der Waals surface area contributed by atoms with Gasteiger partial charge in [0.15, 0.2) is 0 Å². The van der Waals surface area contributed by atoms with Gasteiger partial charge in [-0.1, -0.05) is 62.2 Å². The summed E-state index contributed by atoms with van der Waals surface area (Å²) < 4.78 is 5.13. The molecule has 0 radical (unpaired) electrons. The summed E-state index contributed by atoms with van der Waals surface area (Å²) in [6.07, 6.45) is 10.2. The minimum absolute atomic E-state index is 0.0186. The quantitative estimate of drug-likeness (QED) is 0.447. The third-order valence-electron chi connectivity index (χ3n) is 7.82. The molecule has 4 aliphatic rings. The highest BCUT2D eigenvalue weighted by Gasteiger charge is 2.81. The van der Waals surface area contributed by atoms with Gasteiger partial charge in [0.2, 0.25) is 0 Å². The lowest BCUT2D eigenvalue weighted by Crippen LogP contribution is -2.51.